The lowest BCUT2D eigenvalue weighted by Gasteiger charge is -2.03. The molecule has 1 aromatic carbocycles. The van der Waals surface area contributed by atoms with Crippen molar-refractivity contribution in [3.05, 3.63) is 35.6 Å². The van der Waals surface area contributed by atoms with E-state index in [9.17, 15) is 17.6 Å². The van der Waals surface area contributed by atoms with E-state index in [0.717, 1.165) is 6.42 Å². The molecule has 0 unspecified atom stereocenters. The van der Waals surface area contributed by atoms with Gasteiger partial charge in [0.1, 0.15) is 5.82 Å². The molecule has 1 rings (SSSR count). The average Bonchev–Trinajstić information content (AvgIpc) is 2.35. The summed E-state index contributed by atoms with van der Waals surface area (Å²) in [6.45, 7) is 1.92. The van der Waals surface area contributed by atoms with Gasteiger partial charge in [-0.15, -0.1) is 0 Å². The SMILES string of the molecule is CCCCS(=O)(=O)CCC(=O)c1ccc(F)cc1. The lowest BCUT2D eigenvalue weighted by Crippen LogP contribution is -2.14. The lowest BCUT2D eigenvalue weighted by atomic mass is 10.1. The smallest absolute Gasteiger partial charge is 0.163 e. The van der Waals surface area contributed by atoms with Crippen molar-refractivity contribution in [1.82, 2.24) is 0 Å². The molecule has 0 aliphatic heterocycles. The number of hydrogen-bond acceptors (Lipinski definition) is 3. The van der Waals surface area contributed by atoms with E-state index < -0.39 is 15.7 Å². The van der Waals surface area contributed by atoms with Crippen LogP contribution < -0.4 is 0 Å². The topological polar surface area (TPSA) is 51.2 Å². The van der Waals surface area contributed by atoms with Crippen LogP contribution in [0.15, 0.2) is 24.3 Å². The Bertz CT molecular complexity index is 491. The molecular weight excluding hydrogens is 255 g/mol. The number of sulfone groups is 1. The van der Waals surface area contributed by atoms with Crippen LogP contribution in [0.3, 0.4) is 0 Å². The molecule has 18 heavy (non-hydrogen) atoms. The Kier molecular flexibility index (Phi) is 5.47. The summed E-state index contributed by atoms with van der Waals surface area (Å²) in [5.41, 5.74) is 0.349. The zero-order chi connectivity index (χ0) is 13.6. The van der Waals surface area contributed by atoms with Gasteiger partial charge < -0.3 is 0 Å². The number of ketones is 1. The second-order valence-corrected chi connectivity index (χ2v) is 6.49. The number of halogens is 1. The molecule has 0 aromatic heterocycles. The monoisotopic (exact) mass is 272 g/mol. The zero-order valence-electron chi connectivity index (χ0n) is 10.4. The van der Waals surface area contributed by atoms with Crippen molar-refractivity contribution in [2.75, 3.05) is 11.5 Å². The Morgan fingerprint density at radius 2 is 1.78 bits per heavy atom. The minimum Gasteiger partial charge on any atom is -0.294 e. The number of carbonyl (C=O) groups is 1. The summed E-state index contributed by atoms with van der Waals surface area (Å²) in [6.07, 6.45) is 1.38. The molecule has 0 atom stereocenters. The molecule has 0 aliphatic rings. The first-order valence-electron chi connectivity index (χ1n) is 5.94. The number of benzene rings is 1. The first kappa shape index (κ1) is 14.8. The average molecular weight is 272 g/mol. The van der Waals surface area contributed by atoms with Crippen LogP contribution in [0.1, 0.15) is 36.5 Å². The van der Waals surface area contributed by atoms with Gasteiger partial charge in [0.15, 0.2) is 15.6 Å². The summed E-state index contributed by atoms with van der Waals surface area (Å²) in [5, 5.41) is 0. The molecule has 0 bridgehead atoms. The molecule has 0 fully saturated rings. The first-order chi connectivity index (χ1) is 8.44. The minimum absolute atomic E-state index is 0.0440. The van der Waals surface area contributed by atoms with E-state index in [2.05, 4.69) is 0 Å². The molecule has 0 aliphatic carbocycles. The highest BCUT2D eigenvalue weighted by molar-refractivity contribution is 7.91. The molecule has 0 heterocycles. The third-order valence-corrected chi connectivity index (χ3v) is 4.35. The van der Waals surface area contributed by atoms with Gasteiger partial charge in [0, 0.05) is 12.0 Å². The van der Waals surface area contributed by atoms with Gasteiger partial charge in [0.25, 0.3) is 0 Å². The fourth-order valence-corrected chi connectivity index (χ4v) is 2.92. The van der Waals surface area contributed by atoms with Gasteiger partial charge in [-0.2, -0.15) is 0 Å². The van der Waals surface area contributed by atoms with Crippen molar-refractivity contribution in [2.45, 2.75) is 26.2 Å². The number of rotatable bonds is 7. The maximum atomic E-state index is 12.7. The van der Waals surface area contributed by atoms with Crippen LogP contribution in [0.5, 0.6) is 0 Å². The predicted octanol–water partition coefficient (Wildman–Crippen LogP) is 2.61. The summed E-state index contributed by atoms with van der Waals surface area (Å²) >= 11 is 0. The van der Waals surface area contributed by atoms with Gasteiger partial charge in [-0.1, -0.05) is 13.3 Å². The van der Waals surface area contributed by atoms with Crippen LogP contribution in [-0.2, 0) is 9.84 Å². The van der Waals surface area contributed by atoms with Crippen molar-refractivity contribution in [1.29, 1.82) is 0 Å². The maximum Gasteiger partial charge on any atom is 0.163 e. The molecular formula is C13H17FO3S. The number of unbranched alkanes of at least 4 members (excludes halogenated alkanes) is 1. The van der Waals surface area contributed by atoms with E-state index in [0.29, 0.717) is 12.0 Å². The van der Waals surface area contributed by atoms with E-state index >= 15 is 0 Å². The summed E-state index contributed by atoms with van der Waals surface area (Å²) in [7, 11) is -3.15. The van der Waals surface area contributed by atoms with Gasteiger partial charge in [0.2, 0.25) is 0 Å². The van der Waals surface area contributed by atoms with Crippen LogP contribution in [0.2, 0.25) is 0 Å². The maximum absolute atomic E-state index is 12.7. The zero-order valence-corrected chi connectivity index (χ0v) is 11.2. The van der Waals surface area contributed by atoms with Crippen LogP contribution in [0, 0.1) is 5.82 Å². The molecule has 3 nitrogen and oxygen atoms in total. The first-order valence-corrected chi connectivity index (χ1v) is 7.76. The van der Waals surface area contributed by atoms with Crippen molar-refractivity contribution >= 4 is 15.6 Å². The molecule has 0 amide bonds. The number of hydrogen-bond donors (Lipinski definition) is 0. The third kappa shape index (κ3) is 4.96. The van der Waals surface area contributed by atoms with Crippen LogP contribution in [0.4, 0.5) is 4.39 Å². The standard InChI is InChI=1S/C13H17FO3S/c1-2-3-9-18(16,17)10-8-13(15)11-4-6-12(14)7-5-11/h4-7H,2-3,8-10H2,1H3. The van der Waals surface area contributed by atoms with Gasteiger partial charge >= 0.3 is 0 Å². The molecule has 0 N–H and O–H groups in total. The Labute approximate surface area is 107 Å². The summed E-state index contributed by atoms with van der Waals surface area (Å²) in [5.74, 6) is -0.694. The highest BCUT2D eigenvalue weighted by Crippen LogP contribution is 2.08. The summed E-state index contributed by atoms with van der Waals surface area (Å²) in [6, 6.07) is 5.13. The largest absolute Gasteiger partial charge is 0.294 e. The Balaban J connectivity index is 2.53. The number of Topliss-reactive ketones (excluding diaryl/α,β-unsaturated/α-hetero) is 1. The normalized spacial score (nSPS) is 11.4. The van der Waals surface area contributed by atoms with Crippen molar-refractivity contribution in [2.24, 2.45) is 0 Å². The van der Waals surface area contributed by atoms with Crippen LogP contribution in [0.25, 0.3) is 0 Å². The van der Waals surface area contributed by atoms with E-state index in [1.165, 1.54) is 24.3 Å². The second-order valence-electron chi connectivity index (χ2n) is 4.19. The van der Waals surface area contributed by atoms with Crippen LogP contribution in [-0.4, -0.2) is 25.7 Å². The van der Waals surface area contributed by atoms with Crippen molar-refractivity contribution in [3.63, 3.8) is 0 Å². The molecule has 0 saturated heterocycles. The molecule has 100 valence electrons. The fraction of sp³-hybridized carbons (Fsp3) is 0.462. The van der Waals surface area contributed by atoms with Crippen molar-refractivity contribution in [3.8, 4) is 0 Å². The highest BCUT2D eigenvalue weighted by Gasteiger charge is 2.14. The van der Waals surface area contributed by atoms with Crippen molar-refractivity contribution < 1.29 is 17.6 Å². The third-order valence-electron chi connectivity index (χ3n) is 2.62. The Hall–Kier alpha value is -1.23. The highest BCUT2D eigenvalue weighted by atomic mass is 32.2. The Morgan fingerprint density at radius 1 is 1.17 bits per heavy atom. The number of carbonyl (C=O) groups excluding carboxylic acids is 1. The van der Waals surface area contributed by atoms with E-state index in [1.54, 1.807) is 0 Å². The van der Waals surface area contributed by atoms with E-state index in [4.69, 9.17) is 0 Å². The molecule has 5 heteroatoms. The van der Waals surface area contributed by atoms with Gasteiger partial charge in [-0.3, -0.25) is 4.79 Å². The molecule has 0 spiro atoms. The van der Waals surface area contributed by atoms with Gasteiger partial charge in [0.05, 0.1) is 11.5 Å². The quantitative estimate of drug-likeness (QED) is 0.717. The predicted molar refractivity (Wildman–Crippen MR) is 68.9 cm³/mol. The van der Waals surface area contributed by atoms with E-state index in [1.807, 2.05) is 6.92 Å². The summed E-state index contributed by atoms with van der Waals surface area (Å²) < 4.78 is 35.8. The van der Waals surface area contributed by atoms with E-state index in [-0.39, 0.29) is 23.7 Å². The lowest BCUT2D eigenvalue weighted by molar-refractivity contribution is 0.0988. The van der Waals surface area contributed by atoms with Gasteiger partial charge in [-0.05, 0) is 30.7 Å². The molecule has 0 saturated carbocycles. The minimum atomic E-state index is -3.15. The molecule has 0 radical (unpaired) electrons. The Morgan fingerprint density at radius 3 is 2.33 bits per heavy atom. The van der Waals surface area contributed by atoms with Crippen LogP contribution >= 0.6 is 0 Å². The second kappa shape index (κ2) is 6.64. The summed E-state index contributed by atoms with van der Waals surface area (Å²) in [4.78, 5) is 11.7. The van der Waals surface area contributed by atoms with Gasteiger partial charge in [-0.25, -0.2) is 12.8 Å². The molecule has 1 aromatic rings. The fourth-order valence-electron chi connectivity index (χ4n) is 1.49.